The smallest absolute Gasteiger partial charge is 0.383 e. The fourth-order valence-corrected chi connectivity index (χ4v) is 5.82. The first-order valence-electron chi connectivity index (χ1n) is 15.0. The number of alkyl halides is 5. The Morgan fingerprint density at radius 2 is 1.85 bits per heavy atom. The Bertz CT molecular complexity index is 2100. The summed E-state index contributed by atoms with van der Waals surface area (Å²) in [5.41, 5.74) is 4.98. The van der Waals surface area contributed by atoms with Crippen LogP contribution in [-0.2, 0) is 0 Å². The van der Waals surface area contributed by atoms with E-state index in [0.717, 1.165) is 11.2 Å². The van der Waals surface area contributed by atoms with Gasteiger partial charge in [0.25, 0.3) is 5.56 Å². The maximum atomic E-state index is 14.1. The van der Waals surface area contributed by atoms with Crippen molar-refractivity contribution in [2.24, 2.45) is 5.41 Å². The highest BCUT2D eigenvalue weighted by Gasteiger charge is 2.67. The summed E-state index contributed by atoms with van der Waals surface area (Å²) in [5.74, 6) is 2.63. The fraction of sp³-hybridized carbons (Fsp3) is 0.324. The number of hydrazine groups is 2. The molecule has 9 nitrogen and oxygen atoms in total. The summed E-state index contributed by atoms with van der Waals surface area (Å²) in [6.07, 6.45) is 4.86. The molecule has 14 heteroatoms. The molecule has 1 saturated carbocycles. The van der Waals surface area contributed by atoms with E-state index in [-0.39, 0.29) is 34.9 Å². The lowest BCUT2D eigenvalue weighted by molar-refractivity contribution is -0.195. The van der Waals surface area contributed by atoms with E-state index in [9.17, 15) is 32.0 Å². The minimum absolute atomic E-state index is 0.00720. The van der Waals surface area contributed by atoms with Gasteiger partial charge in [0.2, 0.25) is 0 Å². The van der Waals surface area contributed by atoms with Crippen molar-refractivity contribution in [1.29, 1.82) is 5.26 Å². The molecule has 3 heterocycles. The van der Waals surface area contributed by atoms with Crippen molar-refractivity contribution in [3.8, 4) is 18.4 Å². The lowest BCUT2D eigenvalue weighted by Gasteiger charge is -2.28. The number of anilines is 2. The molecule has 2 aromatic heterocycles. The van der Waals surface area contributed by atoms with E-state index in [0.29, 0.717) is 49.9 Å². The van der Waals surface area contributed by atoms with Gasteiger partial charge in [-0.2, -0.15) is 27.2 Å². The highest BCUT2D eigenvalue weighted by atomic mass is 19.4. The van der Waals surface area contributed by atoms with Crippen LogP contribution in [0.5, 0.6) is 0 Å². The van der Waals surface area contributed by atoms with Crippen molar-refractivity contribution in [2.45, 2.75) is 57.9 Å². The van der Waals surface area contributed by atoms with Gasteiger partial charge in [0.1, 0.15) is 6.07 Å². The second-order valence-electron chi connectivity index (χ2n) is 13.0. The number of pyridine rings is 2. The van der Waals surface area contributed by atoms with E-state index < -0.39 is 29.9 Å². The SMILES string of the molecule is C#Cc1cnc2c(C#N)cc(N[C@H](C3=CN(C4(C(F)(F)F)CC4)NN3)c3cccc4c(=O)n(C(F)F)ccc34)cc2c1NCC(C)(C)C. The molecule has 1 aliphatic heterocycles. The molecule has 4 N–H and O–H groups in total. The number of aromatic nitrogens is 2. The summed E-state index contributed by atoms with van der Waals surface area (Å²) in [6.45, 7) is 3.59. The third-order valence-corrected chi connectivity index (χ3v) is 8.49. The lowest BCUT2D eigenvalue weighted by atomic mass is 9.95. The topological polar surface area (TPSA) is 110 Å². The summed E-state index contributed by atoms with van der Waals surface area (Å²) < 4.78 is 69.7. The van der Waals surface area contributed by atoms with E-state index in [1.54, 1.807) is 18.2 Å². The molecular weight excluding hydrogens is 631 g/mol. The molecule has 1 fully saturated rings. The van der Waals surface area contributed by atoms with Crippen LogP contribution in [0.2, 0.25) is 0 Å². The molecule has 0 saturated heterocycles. The highest BCUT2D eigenvalue weighted by molar-refractivity contribution is 5.99. The van der Waals surface area contributed by atoms with Crippen LogP contribution < -0.4 is 27.2 Å². The van der Waals surface area contributed by atoms with Crippen molar-refractivity contribution in [1.82, 2.24) is 25.5 Å². The summed E-state index contributed by atoms with van der Waals surface area (Å²) in [4.78, 5) is 17.5. The maximum absolute atomic E-state index is 14.1. The Morgan fingerprint density at radius 1 is 1.10 bits per heavy atom. The second kappa shape index (κ2) is 11.7. The molecule has 1 aliphatic carbocycles. The van der Waals surface area contributed by atoms with Gasteiger partial charge in [0, 0.05) is 41.6 Å². The molecule has 4 aromatic rings. The van der Waals surface area contributed by atoms with Gasteiger partial charge < -0.3 is 16.1 Å². The van der Waals surface area contributed by atoms with Gasteiger partial charge in [-0.3, -0.25) is 19.4 Å². The molecule has 0 bridgehead atoms. The Labute approximate surface area is 272 Å². The predicted molar refractivity (Wildman–Crippen MR) is 172 cm³/mol. The Kier molecular flexibility index (Phi) is 7.96. The third-order valence-electron chi connectivity index (χ3n) is 8.49. The molecule has 0 spiro atoms. The van der Waals surface area contributed by atoms with E-state index in [2.05, 4.69) is 38.6 Å². The molecule has 248 valence electrons. The van der Waals surface area contributed by atoms with Gasteiger partial charge in [-0.25, -0.2) is 0 Å². The Balaban J connectivity index is 1.52. The van der Waals surface area contributed by atoms with Crippen LogP contribution in [0, 0.1) is 29.1 Å². The van der Waals surface area contributed by atoms with Crippen LogP contribution >= 0.6 is 0 Å². The van der Waals surface area contributed by atoms with Gasteiger partial charge in [-0.15, -0.1) is 12.0 Å². The van der Waals surface area contributed by atoms with Gasteiger partial charge in [0.15, 0.2) is 5.54 Å². The molecule has 0 unspecified atom stereocenters. The zero-order valence-electron chi connectivity index (χ0n) is 26.1. The minimum atomic E-state index is -4.52. The number of halogens is 5. The summed E-state index contributed by atoms with van der Waals surface area (Å²) in [7, 11) is 0. The minimum Gasteiger partial charge on any atom is -0.383 e. The van der Waals surface area contributed by atoms with Gasteiger partial charge in [-0.1, -0.05) is 38.8 Å². The van der Waals surface area contributed by atoms with Crippen molar-refractivity contribution >= 4 is 33.1 Å². The van der Waals surface area contributed by atoms with Crippen LogP contribution in [0.1, 0.15) is 62.9 Å². The highest BCUT2D eigenvalue weighted by Crippen LogP contribution is 2.54. The number of nitrogens with one attached hydrogen (secondary N) is 4. The number of fused-ring (bicyclic) bond motifs is 2. The molecule has 6 rings (SSSR count). The van der Waals surface area contributed by atoms with E-state index in [1.807, 2.05) is 20.8 Å². The zero-order chi connectivity index (χ0) is 34.6. The monoisotopic (exact) mass is 662 g/mol. The van der Waals surface area contributed by atoms with E-state index >= 15 is 0 Å². The first kappa shape index (κ1) is 32.6. The summed E-state index contributed by atoms with van der Waals surface area (Å²) in [6, 6.07) is 10.4. The summed E-state index contributed by atoms with van der Waals surface area (Å²) >= 11 is 0. The third kappa shape index (κ3) is 5.73. The maximum Gasteiger partial charge on any atom is 0.413 e. The second-order valence-corrected chi connectivity index (χ2v) is 13.0. The molecular formula is C34H31F5N8O. The Hall–Kier alpha value is -5.34. The molecule has 0 radical (unpaired) electrons. The van der Waals surface area contributed by atoms with Crippen molar-refractivity contribution < 1.29 is 22.0 Å². The largest absolute Gasteiger partial charge is 0.413 e. The zero-order valence-corrected chi connectivity index (χ0v) is 26.1. The average molecular weight is 663 g/mol. The van der Waals surface area contributed by atoms with E-state index in [1.165, 1.54) is 30.6 Å². The fourth-order valence-electron chi connectivity index (χ4n) is 5.82. The molecule has 2 aromatic carbocycles. The standard InChI is InChI=1S/C34H31F5N8O/c1-5-19-16-41-28-20(15-40)13-21(14-25(28)27(19)42-18-32(2,3)4)43-29(26-17-47(45-44-26)33(10-11-33)34(37,38)39)23-7-6-8-24-22(23)9-12-46(30(24)48)31(35)36/h1,6-9,12-14,16-17,29,31,43-45H,10-11,18H2,2-4H3,(H,41,42)/t29-/m0/s1. The first-order valence-corrected chi connectivity index (χ1v) is 15.0. The number of benzene rings is 2. The first-order chi connectivity index (χ1) is 22.7. The van der Waals surface area contributed by atoms with Crippen molar-refractivity contribution in [3.63, 3.8) is 0 Å². The average Bonchev–Trinajstić information content (AvgIpc) is 3.72. The van der Waals surface area contributed by atoms with Crippen LogP contribution in [0.25, 0.3) is 21.7 Å². The number of nitrogens with zero attached hydrogens (tertiary/aromatic N) is 4. The Morgan fingerprint density at radius 3 is 2.48 bits per heavy atom. The van der Waals surface area contributed by atoms with Gasteiger partial charge >= 0.3 is 12.7 Å². The van der Waals surface area contributed by atoms with Gasteiger partial charge in [0.05, 0.1) is 34.1 Å². The molecule has 2 aliphatic rings. The summed E-state index contributed by atoms with van der Waals surface area (Å²) in [5, 5.41) is 18.7. The quantitative estimate of drug-likeness (QED) is 0.122. The normalized spacial score (nSPS) is 16.3. The number of nitriles is 1. The lowest BCUT2D eigenvalue weighted by Crippen LogP contribution is -2.52. The van der Waals surface area contributed by atoms with Crippen LogP contribution in [0.4, 0.5) is 33.3 Å². The van der Waals surface area contributed by atoms with Crippen molar-refractivity contribution in [3.05, 3.63) is 87.7 Å². The van der Waals surface area contributed by atoms with E-state index in [4.69, 9.17) is 6.42 Å². The van der Waals surface area contributed by atoms with Crippen LogP contribution in [-0.4, -0.2) is 32.8 Å². The number of hydrogen-bond acceptors (Lipinski definition) is 8. The van der Waals surface area contributed by atoms with Crippen molar-refractivity contribution in [2.75, 3.05) is 17.2 Å². The van der Waals surface area contributed by atoms with Crippen LogP contribution in [0.3, 0.4) is 0 Å². The number of terminal acetylenes is 1. The molecule has 0 amide bonds. The number of hydrogen-bond donors (Lipinski definition) is 4. The molecule has 48 heavy (non-hydrogen) atoms. The molecule has 1 atom stereocenters. The van der Waals surface area contributed by atoms with Gasteiger partial charge in [-0.05, 0) is 53.5 Å². The predicted octanol–water partition coefficient (Wildman–Crippen LogP) is 6.67. The van der Waals surface area contributed by atoms with Crippen LogP contribution in [0.15, 0.2) is 65.5 Å². The number of rotatable bonds is 8.